The van der Waals surface area contributed by atoms with Gasteiger partial charge in [-0.3, -0.25) is 19.5 Å². The van der Waals surface area contributed by atoms with Crippen molar-refractivity contribution in [3.63, 3.8) is 0 Å². The van der Waals surface area contributed by atoms with Crippen LogP contribution >= 0.6 is 0 Å². The summed E-state index contributed by atoms with van der Waals surface area (Å²) in [5.41, 5.74) is 1.10. The second kappa shape index (κ2) is 9.69. The molecule has 2 aromatic rings. The molecule has 1 atom stereocenters. The second-order valence-corrected chi connectivity index (χ2v) is 8.08. The summed E-state index contributed by atoms with van der Waals surface area (Å²) in [6, 6.07) is 7.34. The van der Waals surface area contributed by atoms with Gasteiger partial charge in [-0.2, -0.15) is 5.10 Å². The molecule has 1 amide bonds. The first-order valence-corrected chi connectivity index (χ1v) is 10.1. The number of H-pyrrole nitrogens is 1. The van der Waals surface area contributed by atoms with Gasteiger partial charge in [-0.1, -0.05) is 12.1 Å². The average molecular weight is 429 g/mol. The van der Waals surface area contributed by atoms with Crippen LogP contribution in [0.15, 0.2) is 30.6 Å². The fourth-order valence-electron chi connectivity index (χ4n) is 4.19. The van der Waals surface area contributed by atoms with Crippen LogP contribution in [0.25, 0.3) is 11.4 Å². The van der Waals surface area contributed by atoms with Crippen molar-refractivity contribution in [2.24, 2.45) is 5.41 Å². The van der Waals surface area contributed by atoms with E-state index < -0.39 is 5.41 Å². The number of piperidine rings is 1. The van der Waals surface area contributed by atoms with Gasteiger partial charge in [0, 0.05) is 37.2 Å². The highest BCUT2D eigenvalue weighted by atomic mass is 16.6. The first kappa shape index (κ1) is 22.4. The Morgan fingerprint density at radius 2 is 1.97 bits per heavy atom. The molecule has 1 aromatic carbocycles. The maximum Gasteiger partial charge on any atom is 0.312 e. The van der Waals surface area contributed by atoms with Gasteiger partial charge in [0.2, 0.25) is 0 Å². The largest absolute Gasteiger partial charge is 0.483 e. The van der Waals surface area contributed by atoms with Crippen molar-refractivity contribution < 1.29 is 24.2 Å². The van der Waals surface area contributed by atoms with Gasteiger partial charge in [0.15, 0.2) is 5.82 Å². The number of aromatic nitrogens is 3. The van der Waals surface area contributed by atoms with Gasteiger partial charge >= 0.3 is 5.97 Å². The zero-order chi connectivity index (χ0) is 22.4. The van der Waals surface area contributed by atoms with Gasteiger partial charge in [-0.25, -0.2) is 4.98 Å². The highest BCUT2D eigenvalue weighted by molar-refractivity contribution is 5.95. The third-order valence-electron chi connectivity index (χ3n) is 5.72. The predicted octanol–water partition coefficient (Wildman–Crippen LogP) is 1.27. The van der Waals surface area contributed by atoms with Crippen LogP contribution in [0.5, 0.6) is 0 Å². The maximum absolute atomic E-state index is 12.9. The van der Waals surface area contributed by atoms with E-state index in [0.29, 0.717) is 37.3 Å². The lowest BCUT2D eigenvalue weighted by molar-refractivity contribution is -0.150. The number of carbonyl (C=O) groups is 3. The number of nitrogens with one attached hydrogen (secondary N) is 1. The van der Waals surface area contributed by atoms with Crippen LogP contribution in [0.1, 0.15) is 29.6 Å². The number of likely N-dealkylation sites (tertiary alicyclic amines) is 1. The van der Waals surface area contributed by atoms with E-state index in [1.807, 2.05) is 48.2 Å². The third-order valence-corrected chi connectivity index (χ3v) is 5.72. The number of esters is 1. The van der Waals surface area contributed by atoms with Crippen LogP contribution in [-0.4, -0.2) is 88.3 Å². The number of rotatable bonds is 4. The summed E-state index contributed by atoms with van der Waals surface area (Å²) < 4.78 is 5.60. The molecule has 2 aliphatic heterocycles. The number of carbonyl (C=O) groups excluding carboxylic acids is 2. The molecule has 10 heteroatoms. The predicted molar refractivity (Wildman–Crippen MR) is 111 cm³/mol. The van der Waals surface area contributed by atoms with Crippen molar-refractivity contribution in [3.05, 3.63) is 36.2 Å². The standard InChI is InChI=1S/C20H25N5O3.CH2O2/c1-24(2)12-16-11-20(19(27)28-16)7-9-25(10-8-20)18(26)15-5-3-14(4-6-15)17-21-13-22-23-17;2-1-3/h3-6,13,16H,7-12H2,1-2H3,(H,21,22,23);1H,(H,2,3). The molecule has 0 aliphatic carbocycles. The van der Waals surface area contributed by atoms with Crippen molar-refractivity contribution >= 4 is 18.3 Å². The fourth-order valence-corrected chi connectivity index (χ4v) is 4.19. The van der Waals surface area contributed by atoms with E-state index >= 15 is 0 Å². The van der Waals surface area contributed by atoms with Crippen LogP contribution < -0.4 is 0 Å². The summed E-state index contributed by atoms with van der Waals surface area (Å²) in [5.74, 6) is 0.573. The van der Waals surface area contributed by atoms with Gasteiger partial charge in [-0.15, -0.1) is 0 Å². The Morgan fingerprint density at radius 3 is 2.52 bits per heavy atom. The Bertz CT molecular complexity index is 889. The van der Waals surface area contributed by atoms with Gasteiger partial charge in [0.1, 0.15) is 12.4 Å². The van der Waals surface area contributed by atoms with E-state index in [4.69, 9.17) is 14.6 Å². The zero-order valence-electron chi connectivity index (χ0n) is 17.7. The first-order chi connectivity index (χ1) is 14.9. The minimum absolute atomic E-state index is 0.00447. The minimum Gasteiger partial charge on any atom is -0.483 e. The molecule has 1 spiro atoms. The van der Waals surface area contributed by atoms with Crippen molar-refractivity contribution in [1.29, 1.82) is 0 Å². The Morgan fingerprint density at radius 1 is 1.32 bits per heavy atom. The van der Waals surface area contributed by atoms with Crippen molar-refractivity contribution in [3.8, 4) is 11.4 Å². The Kier molecular flexibility index (Phi) is 7.01. The van der Waals surface area contributed by atoms with E-state index in [1.165, 1.54) is 6.33 Å². The van der Waals surface area contributed by atoms with Crippen molar-refractivity contribution in [2.75, 3.05) is 33.7 Å². The minimum atomic E-state index is -0.423. The topological polar surface area (TPSA) is 129 Å². The molecule has 2 N–H and O–H groups in total. The summed E-state index contributed by atoms with van der Waals surface area (Å²) in [4.78, 5) is 41.7. The summed E-state index contributed by atoms with van der Waals surface area (Å²) in [7, 11) is 3.96. The molecule has 2 aliphatic rings. The number of cyclic esters (lactones) is 1. The van der Waals surface area contributed by atoms with Gasteiger partial charge < -0.3 is 19.6 Å². The fraction of sp³-hybridized carbons (Fsp3) is 0.476. The summed E-state index contributed by atoms with van der Waals surface area (Å²) in [6.45, 7) is 1.65. The number of carboxylic acid groups (broad SMARTS) is 1. The molecule has 31 heavy (non-hydrogen) atoms. The maximum atomic E-state index is 12.9. The Labute approximate surface area is 180 Å². The average Bonchev–Trinajstić information content (AvgIpc) is 3.38. The first-order valence-electron chi connectivity index (χ1n) is 10.1. The number of benzene rings is 1. The van der Waals surface area contributed by atoms with Gasteiger partial charge in [0.25, 0.3) is 12.4 Å². The molecule has 0 saturated carbocycles. The van der Waals surface area contributed by atoms with Crippen LogP contribution in [0.4, 0.5) is 0 Å². The third kappa shape index (κ3) is 5.08. The molecule has 10 nitrogen and oxygen atoms in total. The summed E-state index contributed by atoms with van der Waals surface area (Å²) in [6.07, 6.45) is 3.48. The number of hydrogen-bond donors (Lipinski definition) is 2. The van der Waals surface area contributed by atoms with Gasteiger partial charge in [0.05, 0.1) is 5.41 Å². The Hall–Kier alpha value is -3.27. The SMILES string of the molecule is CN(C)CC1CC2(CCN(C(=O)c3ccc(-c4ncn[nH]4)cc3)CC2)C(=O)O1.O=CO. The molecule has 2 saturated heterocycles. The highest BCUT2D eigenvalue weighted by Gasteiger charge is 2.50. The van der Waals surface area contributed by atoms with E-state index in [-0.39, 0.29) is 24.5 Å². The van der Waals surface area contributed by atoms with E-state index in [2.05, 4.69) is 15.2 Å². The molecule has 1 unspecified atom stereocenters. The van der Waals surface area contributed by atoms with Gasteiger partial charge in [-0.05, 0) is 39.1 Å². The molecular formula is C21H27N5O5. The lowest BCUT2D eigenvalue weighted by atomic mass is 9.76. The van der Waals surface area contributed by atoms with Crippen LogP contribution in [-0.2, 0) is 14.3 Å². The van der Waals surface area contributed by atoms with E-state index in [1.54, 1.807) is 0 Å². The summed E-state index contributed by atoms with van der Waals surface area (Å²) in [5, 5.41) is 13.5. The smallest absolute Gasteiger partial charge is 0.312 e. The van der Waals surface area contributed by atoms with E-state index in [9.17, 15) is 9.59 Å². The van der Waals surface area contributed by atoms with Crippen molar-refractivity contribution in [2.45, 2.75) is 25.4 Å². The molecule has 1 aromatic heterocycles. The zero-order valence-corrected chi connectivity index (χ0v) is 17.7. The second-order valence-electron chi connectivity index (χ2n) is 8.08. The molecular weight excluding hydrogens is 402 g/mol. The molecule has 0 radical (unpaired) electrons. The van der Waals surface area contributed by atoms with E-state index in [0.717, 1.165) is 18.5 Å². The van der Waals surface area contributed by atoms with Crippen LogP contribution in [0.2, 0.25) is 0 Å². The molecule has 4 rings (SSSR count). The number of hydrogen-bond acceptors (Lipinski definition) is 7. The van der Waals surface area contributed by atoms with Crippen LogP contribution in [0.3, 0.4) is 0 Å². The number of likely N-dealkylation sites (N-methyl/N-ethyl adjacent to an activating group) is 1. The number of amides is 1. The van der Waals surface area contributed by atoms with Crippen LogP contribution in [0, 0.1) is 5.41 Å². The number of ether oxygens (including phenoxy) is 1. The summed E-state index contributed by atoms with van der Waals surface area (Å²) >= 11 is 0. The molecule has 0 bridgehead atoms. The Balaban J connectivity index is 0.000000858. The molecule has 166 valence electrons. The normalized spacial score (nSPS) is 19.6. The highest BCUT2D eigenvalue weighted by Crippen LogP contribution is 2.43. The quantitative estimate of drug-likeness (QED) is 0.549. The van der Waals surface area contributed by atoms with Crippen molar-refractivity contribution in [1.82, 2.24) is 25.0 Å². The lowest BCUT2D eigenvalue weighted by Crippen LogP contribution is -2.45. The molecule has 2 fully saturated rings. The lowest BCUT2D eigenvalue weighted by Gasteiger charge is -2.36. The number of nitrogens with zero attached hydrogens (tertiary/aromatic N) is 4. The number of aromatic amines is 1. The monoisotopic (exact) mass is 429 g/mol. The molecule has 3 heterocycles.